The highest BCUT2D eigenvalue weighted by molar-refractivity contribution is 6.02. The fraction of sp³-hybridized carbons (Fsp3) is 0.143. The van der Waals surface area contributed by atoms with Gasteiger partial charge in [0.05, 0.1) is 6.54 Å². The molecule has 6 heteroatoms. The van der Waals surface area contributed by atoms with Crippen LogP contribution in [0, 0.1) is 0 Å². The lowest BCUT2D eigenvalue weighted by molar-refractivity contribution is 0.0962. The van der Waals surface area contributed by atoms with Gasteiger partial charge in [-0.05, 0) is 36.4 Å². The molecule has 0 bridgehead atoms. The molecule has 104 valence electrons. The minimum atomic E-state index is -0.364. The Kier molecular flexibility index (Phi) is 4.17. The fourth-order valence-corrected chi connectivity index (χ4v) is 1.65. The van der Waals surface area contributed by atoms with Crippen molar-refractivity contribution in [1.82, 2.24) is 5.32 Å². The summed E-state index contributed by atoms with van der Waals surface area (Å²) in [6.07, 6.45) is 0. The molecule has 2 amide bonds. The number of furan rings is 1. The largest absolute Gasteiger partial charge is 0.455 e. The zero-order valence-electron chi connectivity index (χ0n) is 11.0. The summed E-state index contributed by atoms with van der Waals surface area (Å²) in [6.45, 7) is 0.244. The van der Waals surface area contributed by atoms with E-state index in [9.17, 15) is 9.59 Å². The lowest BCUT2D eigenvalue weighted by Crippen LogP contribution is -2.17. The molecule has 6 nitrogen and oxygen atoms in total. The third-order valence-corrected chi connectivity index (χ3v) is 2.72. The average Bonchev–Trinajstić information content (AvgIpc) is 2.96. The number of nitrogens with two attached hydrogens (primary N) is 1. The molecule has 2 rings (SSSR count). The second kappa shape index (κ2) is 6.03. The molecular weight excluding hydrogens is 258 g/mol. The van der Waals surface area contributed by atoms with Crippen molar-refractivity contribution in [2.24, 2.45) is 5.73 Å². The predicted octanol–water partition coefficient (Wildman–Crippen LogP) is 1.35. The predicted molar refractivity (Wildman–Crippen MR) is 74.4 cm³/mol. The van der Waals surface area contributed by atoms with Crippen LogP contribution in [0.5, 0.6) is 0 Å². The first-order chi connectivity index (χ1) is 9.63. The van der Waals surface area contributed by atoms with Crippen LogP contribution in [0.4, 0.5) is 5.69 Å². The quantitative estimate of drug-likeness (QED) is 0.783. The Labute approximate surface area is 116 Å². The Morgan fingerprint density at radius 3 is 2.35 bits per heavy atom. The third kappa shape index (κ3) is 3.04. The van der Waals surface area contributed by atoms with Crippen LogP contribution in [0.25, 0.3) is 0 Å². The van der Waals surface area contributed by atoms with Crippen LogP contribution in [0.1, 0.15) is 26.7 Å². The van der Waals surface area contributed by atoms with Crippen molar-refractivity contribution in [3.05, 3.63) is 53.5 Å². The molecule has 0 aliphatic heterocycles. The van der Waals surface area contributed by atoms with Crippen molar-refractivity contribution in [3.8, 4) is 0 Å². The molecule has 0 unspecified atom stereocenters. The zero-order chi connectivity index (χ0) is 14.5. The maximum atomic E-state index is 11.9. The number of nitrogens with one attached hydrogen (secondary N) is 2. The summed E-state index contributed by atoms with van der Waals surface area (Å²) in [4.78, 5) is 23.3. The van der Waals surface area contributed by atoms with Crippen LogP contribution in [0.15, 0.2) is 40.8 Å². The Hall–Kier alpha value is -2.60. The van der Waals surface area contributed by atoms with E-state index in [2.05, 4.69) is 10.6 Å². The number of benzene rings is 1. The summed E-state index contributed by atoms with van der Waals surface area (Å²) in [7, 11) is 1.56. The smallest absolute Gasteiger partial charge is 0.291 e. The number of anilines is 1. The van der Waals surface area contributed by atoms with Crippen LogP contribution in [-0.4, -0.2) is 18.9 Å². The molecule has 1 heterocycles. The maximum absolute atomic E-state index is 11.9. The first kappa shape index (κ1) is 13.8. The number of carbonyl (C=O) groups excluding carboxylic acids is 2. The molecule has 0 fully saturated rings. The van der Waals surface area contributed by atoms with Gasteiger partial charge in [0, 0.05) is 18.3 Å². The van der Waals surface area contributed by atoms with Crippen molar-refractivity contribution in [2.75, 3.05) is 12.4 Å². The summed E-state index contributed by atoms with van der Waals surface area (Å²) in [5, 5.41) is 5.20. The molecule has 20 heavy (non-hydrogen) atoms. The van der Waals surface area contributed by atoms with Crippen molar-refractivity contribution in [2.45, 2.75) is 6.54 Å². The van der Waals surface area contributed by atoms with Gasteiger partial charge >= 0.3 is 0 Å². The Morgan fingerprint density at radius 2 is 1.80 bits per heavy atom. The van der Waals surface area contributed by atoms with Gasteiger partial charge in [0.15, 0.2) is 5.76 Å². The lowest BCUT2D eigenvalue weighted by atomic mass is 10.2. The van der Waals surface area contributed by atoms with Crippen molar-refractivity contribution >= 4 is 17.5 Å². The molecule has 0 saturated heterocycles. The van der Waals surface area contributed by atoms with Crippen LogP contribution >= 0.6 is 0 Å². The number of rotatable bonds is 4. The number of amides is 2. The molecule has 2 aromatic rings. The van der Waals surface area contributed by atoms with E-state index in [1.807, 2.05) is 0 Å². The topological polar surface area (TPSA) is 97.4 Å². The minimum absolute atomic E-state index is 0.179. The molecule has 0 aliphatic carbocycles. The van der Waals surface area contributed by atoms with Crippen molar-refractivity contribution in [3.63, 3.8) is 0 Å². The molecule has 0 radical (unpaired) electrons. The highest BCUT2D eigenvalue weighted by atomic mass is 16.4. The molecule has 0 aliphatic rings. The summed E-state index contributed by atoms with van der Waals surface area (Å²) in [6, 6.07) is 9.77. The van der Waals surface area contributed by atoms with E-state index in [1.165, 1.54) is 0 Å². The van der Waals surface area contributed by atoms with E-state index in [1.54, 1.807) is 43.4 Å². The number of hydrogen-bond donors (Lipinski definition) is 3. The van der Waals surface area contributed by atoms with Crippen LogP contribution in [0.3, 0.4) is 0 Å². The van der Waals surface area contributed by atoms with E-state index in [4.69, 9.17) is 10.2 Å². The highest BCUT2D eigenvalue weighted by Crippen LogP contribution is 2.13. The van der Waals surface area contributed by atoms with Gasteiger partial charge in [-0.15, -0.1) is 0 Å². The summed E-state index contributed by atoms with van der Waals surface area (Å²) in [5.41, 5.74) is 6.51. The van der Waals surface area contributed by atoms with E-state index >= 15 is 0 Å². The maximum Gasteiger partial charge on any atom is 0.291 e. The normalized spacial score (nSPS) is 10.1. The Bertz CT molecular complexity index is 617. The van der Waals surface area contributed by atoms with Gasteiger partial charge in [0.25, 0.3) is 11.8 Å². The number of carbonyl (C=O) groups is 2. The average molecular weight is 273 g/mol. The van der Waals surface area contributed by atoms with Gasteiger partial charge in [-0.3, -0.25) is 9.59 Å². The van der Waals surface area contributed by atoms with Crippen LogP contribution in [-0.2, 0) is 6.54 Å². The van der Waals surface area contributed by atoms with E-state index < -0.39 is 0 Å². The third-order valence-electron chi connectivity index (χ3n) is 2.72. The standard InChI is InChI=1S/C14H15N3O3/c1-16-13(18)9-2-4-10(5-3-9)17-14(19)12-7-6-11(8-15)20-12/h2-7H,8,15H2,1H3,(H,16,18)(H,17,19). The van der Waals surface area contributed by atoms with Gasteiger partial charge in [-0.1, -0.05) is 0 Å². The minimum Gasteiger partial charge on any atom is -0.455 e. The van der Waals surface area contributed by atoms with Crippen molar-refractivity contribution in [1.29, 1.82) is 0 Å². The van der Waals surface area contributed by atoms with E-state index in [0.717, 1.165) is 0 Å². The fourth-order valence-electron chi connectivity index (χ4n) is 1.65. The second-order valence-corrected chi connectivity index (χ2v) is 4.08. The monoisotopic (exact) mass is 273 g/mol. The molecule has 0 spiro atoms. The SMILES string of the molecule is CNC(=O)c1ccc(NC(=O)c2ccc(CN)o2)cc1. The van der Waals surface area contributed by atoms with Gasteiger partial charge in [0.1, 0.15) is 5.76 Å². The summed E-state index contributed by atoms with van der Waals surface area (Å²) < 4.78 is 5.24. The van der Waals surface area contributed by atoms with Gasteiger partial charge in [-0.2, -0.15) is 0 Å². The van der Waals surface area contributed by atoms with Crippen LogP contribution in [0.2, 0.25) is 0 Å². The number of hydrogen-bond acceptors (Lipinski definition) is 4. The molecular formula is C14H15N3O3. The Morgan fingerprint density at radius 1 is 1.10 bits per heavy atom. The highest BCUT2D eigenvalue weighted by Gasteiger charge is 2.11. The Balaban J connectivity index is 2.06. The first-order valence-electron chi connectivity index (χ1n) is 6.06. The van der Waals surface area contributed by atoms with E-state index in [0.29, 0.717) is 17.0 Å². The lowest BCUT2D eigenvalue weighted by Gasteiger charge is -2.04. The van der Waals surface area contributed by atoms with Gasteiger partial charge in [-0.25, -0.2) is 0 Å². The molecule has 4 N–H and O–H groups in total. The molecule has 0 saturated carbocycles. The molecule has 1 aromatic heterocycles. The molecule has 1 aromatic carbocycles. The summed E-state index contributed by atoms with van der Waals surface area (Å²) in [5.74, 6) is 0.199. The van der Waals surface area contributed by atoms with E-state index in [-0.39, 0.29) is 24.1 Å². The van der Waals surface area contributed by atoms with Gasteiger partial charge < -0.3 is 20.8 Å². The van der Waals surface area contributed by atoms with Crippen molar-refractivity contribution < 1.29 is 14.0 Å². The zero-order valence-corrected chi connectivity index (χ0v) is 11.0. The first-order valence-corrected chi connectivity index (χ1v) is 6.06. The molecule has 0 atom stereocenters. The van der Waals surface area contributed by atoms with Crippen LogP contribution < -0.4 is 16.4 Å². The van der Waals surface area contributed by atoms with Gasteiger partial charge in [0.2, 0.25) is 0 Å². The second-order valence-electron chi connectivity index (χ2n) is 4.08. The summed E-state index contributed by atoms with van der Waals surface area (Å²) >= 11 is 0.